The molecule has 0 heterocycles. The van der Waals surface area contributed by atoms with Crippen LogP contribution in [0.25, 0.3) is 0 Å². The molecule has 0 spiro atoms. The Morgan fingerprint density at radius 2 is 1.20 bits per heavy atom. The first-order valence-electron chi connectivity index (χ1n) is 9.96. The minimum absolute atomic E-state index is 0.615. The van der Waals surface area contributed by atoms with Crippen molar-refractivity contribution in [3.05, 3.63) is 101 Å². The molecule has 0 fully saturated rings. The molecule has 0 aliphatic heterocycles. The molecule has 2 aromatic carbocycles. The Morgan fingerprint density at radius 1 is 0.767 bits per heavy atom. The van der Waals surface area contributed by atoms with Gasteiger partial charge in [0, 0.05) is 0 Å². The van der Waals surface area contributed by atoms with Crippen LogP contribution in [-0.2, 0) is 19.2 Å². The van der Waals surface area contributed by atoms with Crippen LogP contribution in [0, 0.1) is 0 Å². The second-order valence-electron chi connectivity index (χ2n) is 7.91. The van der Waals surface area contributed by atoms with Gasteiger partial charge in [0.2, 0.25) is 0 Å². The van der Waals surface area contributed by atoms with Gasteiger partial charge in [-0.1, -0.05) is 0 Å². The molecular formula is C25H24Cl2O2Zr. The number of hydrogen-bond acceptors (Lipinski definition) is 2. The fraction of sp³-hybridized carbons (Fsp3) is 0.160. The number of benzene rings is 2. The van der Waals surface area contributed by atoms with Crippen LogP contribution in [-0.4, -0.2) is 4.21 Å². The maximum absolute atomic E-state index is 6.98. The van der Waals surface area contributed by atoms with Crippen LogP contribution in [0.3, 0.4) is 0 Å². The molecule has 0 unspecified atom stereocenters. The Balaban J connectivity index is 1.99. The quantitative estimate of drug-likeness (QED) is 0.387. The second kappa shape index (κ2) is 8.11. The van der Waals surface area contributed by atoms with Gasteiger partial charge < -0.3 is 0 Å². The van der Waals surface area contributed by atoms with Gasteiger partial charge in [0.1, 0.15) is 0 Å². The van der Waals surface area contributed by atoms with E-state index in [2.05, 4.69) is 38.2 Å². The Morgan fingerprint density at radius 3 is 1.53 bits per heavy atom. The maximum atomic E-state index is 6.98. The molecule has 5 heteroatoms. The zero-order chi connectivity index (χ0) is 21.4. The van der Waals surface area contributed by atoms with Crippen molar-refractivity contribution in [3.8, 4) is 11.5 Å². The second-order valence-corrected chi connectivity index (χ2v) is 18.9. The van der Waals surface area contributed by atoms with Crippen molar-refractivity contribution in [2.45, 2.75) is 26.7 Å². The molecule has 0 atom stereocenters. The van der Waals surface area contributed by atoms with Crippen LogP contribution in [0.5, 0.6) is 11.5 Å². The van der Waals surface area contributed by atoms with E-state index < -0.39 is 19.2 Å². The molecule has 2 aliphatic rings. The first-order chi connectivity index (χ1) is 14.3. The molecule has 2 aliphatic carbocycles. The average molecular weight is 519 g/mol. The summed E-state index contributed by atoms with van der Waals surface area (Å²) in [7, 11) is 0. The molecule has 2 nitrogen and oxygen atoms in total. The van der Waals surface area contributed by atoms with E-state index in [9.17, 15) is 0 Å². The fourth-order valence-electron chi connectivity index (χ4n) is 4.45. The fourth-order valence-corrected chi connectivity index (χ4v) is 17.0. The van der Waals surface area contributed by atoms with E-state index in [0.29, 0.717) is 21.5 Å². The van der Waals surface area contributed by atoms with E-state index in [1.165, 1.54) is 0 Å². The van der Waals surface area contributed by atoms with Crippen LogP contribution in [0.15, 0.2) is 90.5 Å². The molecule has 0 amide bonds. The zero-order valence-electron chi connectivity index (χ0n) is 17.1. The van der Waals surface area contributed by atoms with Crippen LogP contribution in [0.4, 0.5) is 0 Å². The number of allylic oxidation sites excluding steroid dienone is 8. The van der Waals surface area contributed by atoms with E-state index in [0.717, 1.165) is 30.5 Å². The van der Waals surface area contributed by atoms with E-state index >= 15 is 0 Å². The van der Waals surface area contributed by atoms with Crippen molar-refractivity contribution >= 4 is 27.4 Å². The van der Waals surface area contributed by atoms with Crippen LogP contribution >= 0.6 is 23.2 Å². The third-order valence-corrected chi connectivity index (χ3v) is 18.5. The van der Waals surface area contributed by atoms with Crippen molar-refractivity contribution < 1.29 is 24.8 Å². The summed E-state index contributed by atoms with van der Waals surface area (Å²) in [6.07, 6.45) is 10.1. The van der Waals surface area contributed by atoms with Gasteiger partial charge >= 0.3 is 191 Å². The summed E-state index contributed by atoms with van der Waals surface area (Å²) in [4.78, 5) is 0. The van der Waals surface area contributed by atoms with Crippen molar-refractivity contribution in [1.29, 1.82) is 0 Å². The summed E-state index contributed by atoms with van der Waals surface area (Å²) in [6.45, 7) is 4.22. The first kappa shape index (κ1) is 21.6. The van der Waals surface area contributed by atoms with Crippen LogP contribution < -0.4 is 5.63 Å². The normalized spacial score (nSPS) is 16.6. The van der Waals surface area contributed by atoms with Gasteiger partial charge in [-0.2, -0.15) is 0 Å². The molecule has 30 heavy (non-hydrogen) atoms. The molecule has 154 valence electrons. The Kier molecular flexibility index (Phi) is 5.83. The summed E-state index contributed by atoms with van der Waals surface area (Å²) in [5, 5.41) is 1.23. The molecule has 0 N–H and O–H groups in total. The predicted octanol–water partition coefficient (Wildman–Crippen LogP) is 7.87. The molecular weight excluding hydrogens is 494 g/mol. The number of rotatable bonds is 6. The Bertz CT molecular complexity index is 1110. The van der Waals surface area contributed by atoms with Gasteiger partial charge in [-0.05, 0) is 0 Å². The van der Waals surface area contributed by atoms with Crippen molar-refractivity contribution in [1.82, 2.24) is 0 Å². The Labute approximate surface area is 190 Å². The zero-order valence-corrected chi connectivity index (χ0v) is 21.1. The monoisotopic (exact) mass is 516 g/mol. The van der Waals surface area contributed by atoms with Gasteiger partial charge in [0.05, 0.1) is 0 Å². The van der Waals surface area contributed by atoms with Gasteiger partial charge in [-0.25, -0.2) is 0 Å². The summed E-state index contributed by atoms with van der Waals surface area (Å²) in [5.74, 6) is 1.34. The topological polar surface area (TPSA) is 18.5 Å². The summed E-state index contributed by atoms with van der Waals surface area (Å²) < 4.78 is 21.2. The Hall–Kier alpha value is -1.67. The van der Waals surface area contributed by atoms with Crippen LogP contribution in [0.1, 0.15) is 26.7 Å². The summed E-state index contributed by atoms with van der Waals surface area (Å²) >= 11 is 7.55. The summed E-state index contributed by atoms with van der Waals surface area (Å²) in [6, 6.07) is 14.9. The van der Waals surface area contributed by atoms with Gasteiger partial charge in [-0.15, -0.1) is 0 Å². The summed E-state index contributed by atoms with van der Waals surface area (Å²) in [5.41, 5.74) is 2.32. The molecule has 2 aromatic rings. The van der Waals surface area contributed by atoms with Gasteiger partial charge in [0.15, 0.2) is 0 Å². The van der Waals surface area contributed by atoms with Gasteiger partial charge in [-0.3, -0.25) is 0 Å². The third kappa shape index (κ3) is 3.84. The molecule has 0 radical (unpaired) electrons. The predicted molar refractivity (Wildman–Crippen MR) is 124 cm³/mol. The average Bonchev–Trinajstić information content (AvgIpc) is 3.31. The number of halogens is 2. The van der Waals surface area contributed by atoms with E-state index in [1.54, 1.807) is 0 Å². The third-order valence-electron chi connectivity index (χ3n) is 5.81. The first-order valence-corrected chi connectivity index (χ1v) is 16.9. The van der Waals surface area contributed by atoms with Crippen molar-refractivity contribution in [3.63, 3.8) is 0 Å². The van der Waals surface area contributed by atoms with E-state index in [1.807, 2.05) is 48.5 Å². The van der Waals surface area contributed by atoms with Gasteiger partial charge in [0.25, 0.3) is 0 Å². The van der Waals surface area contributed by atoms with E-state index in [4.69, 9.17) is 33.0 Å². The molecule has 4 rings (SSSR count). The minimum atomic E-state index is -5.04. The molecule has 0 saturated heterocycles. The number of hydrogen-bond donors (Lipinski definition) is 0. The van der Waals surface area contributed by atoms with E-state index in [-0.39, 0.29) is 0 Å². The molecule has 0 saturated carbocycles. The SMILES string of the molecule is [CH2]=[Zr]([O]c1cccc(Cl)c1)([O]c1cccc(Cl)c1)([C]1=C(C)C=CC1)[C]1=C(C)C=CC1. The molecule has 0 aromatic heterocycles. The molecule has 0 bridgehead atoms. The van der Waals surface area contributed by atoms with Crippen molar-refractivity contribution in [2.24, 2.45) is 0 Å². The standard InChI is InChI=1S/2C6H5ClO.2C6H7.CH2.Zr/c2*7-5-2-1-3-6(8)4-5;2*1-6-4-2-3-5-6;;/h2*1-4,8H;2*2,4H,3H2,1H3;1H2;/q;;;;;+2/p-2. The van der Waals surface area contributed by atoms with Crippen LogP contribution in [0.2, 0.25) is 10.0 Å². The van der Waals surface area contributed by atoms with Crippen molar-refractivity contribution in [2.75, 3.05) is 0 Å².